The first kappa shape index (κ1) is 19.6. The van der Waals surface area contributed by atoms with Crippen LogP contribution in [-0.2, 0) is 14.8 Å². The van der Waals surface area contributed by atoms with Gasteiger partial charge < -0.3 is 10.2 Å². The Morgan fingerprint density at radius 3 is 2.93 bits per heavy atom. The van der Waals surface area contributed by atoms with Gasteiger partial charge in [-0.05, 0) is 24.6 Å². The van der Waals surface area contributed by atoms with Gasteiger partial charge in [-0.15, -0.1) is 6.42 Å². The first-order valence-electron chi connectivity index (χ1n) is 8.53. The molecule has 28 heavy (non-hydrogen) atoms. The molecule has 1 atom stereocenters. The molecule has 9 nitrogen and oxygen atoms in total. The molecule has 1 unspecified atom stereocenters. The van der Waals surface area contributed by atoms with Gasteiger partial charge in [-0.1, -0.05) is 12.0 Å². The molecule has 0 saturated carbocycles. The van der Waals surface area contributed by atoms with Gasteiger partial charge in [0.1, 0.15) is 0 Å². The van der Waals surface area contributed by atoms with Crippen molar-refractivity contribution in [1.82, 2.24) is 19.8 Å². The van der Waals surface area contributed by atoms with Crippen LogP contribution >= 0.6 is 0 Å². The number of carbonyl (C=O) groups excluding carboxylic acids is 2. The Morgan fingerprint density at radius 1 is 1.39 bits per heavy atom. The third kappa shape index (κ3) is 4.39. The maximum Gasteiger partial charge on any atom is 0.253 e. The zero-order valence-electron chi connectivity index (χ0n) is 14.9. The van der Waals surface area contributed by atoms with Crippen LogP contribution in [0.15, 0.2) is 41.6 Å². The summed E-state index contributed by atoms with van der Waals surface area (Å²) in [4.78, 5) is 26.6. The average molecular weight is 401 g/mol. The van der Waals surface area contributed by atoms with E-state index in [2.05, 4.69) is 26.2 Å². The quantitative estimate of drug-likeness (QED) is 0.605. The van der Waals surface area contributed by atoms with Crippen LogP contribution < -0.4 is 10.0 Å². The van der Waals surface area contributed by atoms with Gasteiger partial charge in [0, 0.05) is 24.8 Å². The van der Waals surface area contributed by atoms with Crippen molar-refractivity contribution in [3.8, 4) is 12.3 Å². The number of likely N-dealkylation sites (tertiary alicyclic amines) is 1. The Labute approximate surface area is 162 Å². The molecule has 1 aliphatic rings. The van der Waals surface area contributed by atoms with E-state index in [0.29, 0.717) is 18.7 Å². The highest BCUT2D eigenvalue weighted by atomic mass is 32.2. The number of aromatic amines is 1. The van der Waals surface area contributed by atoms with Crippen molar-refractivity contribution in [3.05, 3.63) is 42.2 Å². The van der Waals surface area contributed by atoms with Crippen molar-refractivity contribution < 1.29 is 18.0 Å². The lowest BCUT2D eigenvalue weighted by Gasteiger charge is -2.17. The molecule has 146 valence electrons. The zero-order chi connectivity index (χ0) is 20.1. The van der Waals surface area contributed by atoms with Crippen molar-refractivity contribution in [2.45, 2.75) is 11.3 Å². The van der Waals surface area contributed by atoms with Crippen LogP contribution in [-0.4, -0.2) is 55.0 Å². The standard InChI is InChI=1S/C18H19N5O4S/c1-2-7-21-28(26,27)16-5-3-4-13(9-16)18(25)23-8-6-14(12-23)17(24)22-15-10-19-20-11-15/h1,3-5,9-11,14,21H,6-8,12H2,(H,19,20)(H,22,24). The summed E-state index contributed by atoms with van der Waals surface area (Å²) >= 11 is 0. The number of rotatable bonds is 6. The van der Waals surface area contributed by atoms with Crippen molar-refractivity contribution in [2.24, 2.45) is 5.92 Å². The van der Waals surface area contributed by atoms with Gasteiger partial charge in [0.25, 0.3) is 5.91 Å². The Morgan fingerprint density at radius 2 is 2.21 bits per heavy atom. The largest absolute Gasteiger partial charge is 0.338 e. The van der Waals surface area contributed by atoms with E-state index in [9.17, 15) is 18.0 Å². The average Bonchev–Trinajstić information content (AvgIpc) is 3.38. The van der Waals surface area contributed by atoms with E-state index in [1.54, 1.807) is 17.2 Å². The van der Waals surface area contributed by atoms with Gasteiger partial charge in [0.15, 0.2) is 0 Å². The normalized spacial score (nSPS) is 16.5. The van der Waals surface area contributed by atoms with E-state index in [0.717, 1.165) is 0 Å². The van der Waals surface area contributed by atoms with Crippen LogP contribution in [0.1, 0.15) is 16.8 Å². The van der Waals surface area contributed by atoms with Gasteiger partial charge in [-0.3, -0.25) is 14.7 Å². The number of hydrogen-bond donors (Lipinski definition) is 3. The van der Waals surface area contributed by atoms with E-state index >= 15 is 0 Å². The fourth-order valence-electron chi connectivity index (χ4n) is 2.92. The summed E-state index contributed by atoms with van der Waals surface area (Å²) < 4.78 is 26.6. The Bertz CT molecular complexity index is 1010. The molecule has 10 heteroatoms. The minimum Gasteiger partial charge on any atom is -0.338 e. The third-order valence-electron chi connectivity index (χ3n) is 4.37. The molecule has 2 heterocycles. The number of benzene rings is 1. The predicted molar refractivity (Wildman–Crippen MR) is 102 cm³/mol. The molecule has 2 amide bonds. The summed E-state index contributed by atoms with van der Waals surface area (Å²) in [5.74, 6) is 1.34. The SMILES string of the molecule is C#CCNS(=O)(=O)c1cccc(C(=O)N2CCC(C(=O)Nc3cn[nH]c3)C2)c1. The zero-order valence-corrected chi connectivity index (χ0v) is 15.7. The molecule has 1 aromatic carbocycles. The Hall–Kier alpha value is -3.16. The number of nitrogens with one attached hydrogen (secondary N) is 3. The molecule has 3 N–H and O–H groups in total. The summed E-state index contributed by atoms with van der Waals surface area (Å²) in [5.41, 5.74) is 0.798. The van der Waals surface area contributed by atoms with E-state index in [1.807, 2.05) is 0 Å². The Kier molecular flexibility index (Phi) is 5.77. The van der Waals surface area contributed by atoms with Crippen molar-refractivity contribution >= 4 is 27.5 Å². The van der Waals surface area contributed by atoms with Gasteiger partial charge in [0.2, 0.25) is 15.9 Å². The summed E-state index contributed by atoms with van der Waals surface area (Å²) in [6.07, 6.45) is 8.67. The first-order valence-corrected chi connectivity index (χ1v) is 10.0. The monoisotopic (exact) mass is 401 g/mol. The van der Waals surface area contributed by atoms with E-state index in [4.69, 9.17) is 6.42 Å². The molecule has 0 radical (unpaired) electrons. The first-order chi connectivity index (χ1) is 13.4. The number of nitrogens with zero attached hydrogens (tertiary/aromatic N) is 2. The molecular formula is C18H19N5O4S. The van der Waals surface area contributed by atoms with Gasteiger partial charge in [0.05, 0.1) is 29.2 Å². The fraction of sp³-hybridized carbons (Fsp3) is 0.278. The summed E-state index contributed by atoms with van der Waals surface area (Å²) in [6.45, 7) is 0.531. The van der Waals surface area contributed by atoms with E-state index in [-0.39, 0.29) is 41.3 Å². The van der Waals surface area contributed by atoms with Gasteiger partial charge >= 0.3 is 0 Å². The van der Waals surface area contributed by atoms with Gasteiger partial charge in [-0.25, -0.2) is 8.42 Å². The van der Waals surface area contributed by atoms with Crippen molar-refractivity contribution in [3.63, 3.8) is 0 Å². The lowest BCUT2D eigenvalue weighted by Crippen LogP contribution is -2.31. The Balaban J connectivity index is 1.67. The smallest absolute Gasteiger partial charge is 0.253 e. The van der Waals surface area contributed by atoms with Crippen LogP contribution in [0.2, 0.25) is 0 Å². The van der Waals surface area contributed by atoms with Crippen LogP contribution in [0.3, 0.4) is 0 Å². The number of amides is 2. The van der Waals surface area contributed by atoms with Gasteiger partial charge in [-0.2, -0.15) is 9.82 Å². The fourth-order valence-corrected chi connectivity index (χ4v) is 3.90. The number of sulfonamides is 1. The highest BCUT2D eigenvalue weighted by Gasteiger charge is 2.32. The summed E-state index contributed by atoms with van der Waals surface area (Å²) in [7, 11) is -3.79. The number of aromatic nitrogens is 2. The molecule has 1 fully saturated rings. The molecule has 1 aromatic heterocycles. The maximum absolute atomic E-state index is 12.8. The molecule has 0 aliphatic carbocycles. The van der Waals surface area contributed by atoms with Crippen LogP contribution in [0.4, 0.5) is 5.69 Å². The molecule has 1 saturated heterocycles. The van der Waals surface area contributed by atoms with Crippen molar-refractivity contribution in [2.75, 3.05) is 25.0 Å². The number of hydrogen-bond acceptors (Lipinski definition) is 5. The second-order valence-corrected chi connectivity index (χ2v) is 8.04. The molecular weight excluding hydrogens is 382 g/mol. The lowest BCUT2D eigenvalue weighted by atomic mass is 10.1. The van der Waals surface area contributed by atoms with Crippen LogP contribution in [0.5, 0.6) is 0 Å². The second-order valence-electron chi connectivity index (χ2n) is 6.27. The number of H-pyrrole nitrogens is 1. The molecule has 0 bridgehead atoms. The highest BCUT2D eigenvalue weighted by Crippen LogP contribution is 2.21. The molecule has 2 aromatic rings. The molecule has 3 rings (SSSR count). The second kappa shape index (κ2) is 8.24. The minimum absolute atomic E-state index is 0.0398. The topological polar surface area (TPSA) is 124 Å². The van der Waals surface area contributed by atoms with Crippen LogP contribution in [0.25, 0.3) is 0 Å². The maximum atomic E-state index is 12.8. The molecule has 1 aliphatic heterocycles. The minimum atomic E-state index is -3.79. The van der Waals surface area contributed by atoms with E-state index < -0.39 is 10.0 Å². The lowest BCUT2D eigenvalue weighted by molar-refractivity contribution is -0.119. The highest BCUT2D eigenvalue weighted by molar-refractivity contribution is 7.89. The third-order valence-corrected chi connectivity index (χ3v) is 5.77. The number of terminal acetylenes is 1. The summed E-state index contributed by atoms with van der Waals surface area (Å²) in [5, 5.41) is 9.11. The van der Waals surface area contributed by atoms with Crippen molar-refractivity contribution in [1.29, 1.82) is 0 Å². The number of anilines is 1. The molecule has 0 spiro atoms. The summed E-state index contributed by atoms with van der Waals surface area (Å²) in [6, 6.07) is 5.74. The predicted octanol–water partition coefficient (Wildman–Crippen LogP) is 0.422. The van der Waals surface area contributed by atoms with E-state index in [1.165, 1.54) is 24.4 Å². The number of carbonyl (C=O) groups is 2. The van der Waals surface area contributed by atoms with Crippen LogP contribution in [0, 0.1) is 18.3 Å².